The number of hydrogen-bond donors (Lipinski definition) is 0. The zero-order valence-corrected chi connectivity index (χ0v) is 38.8. The molecule has 6 heteroatoms. The average Bonchev–Trinajstić information content (AvgIpc) is 3.22. The second kappa shape index (κ2) is 47.6. The van der Waals surface area contributed by atoms with E-state index in [2.05, 4.69) is 45.1 Å². The molecule has 0 aliphatic rings. The van der Waals surface area contributed by atoms with Gasteiger partial charge in [-0.1, -0.05) is 231 Å². The van der Waals surface area contributed by atoms with Crippen LogP contribution in [-0.2, 0) is 28.6 Å². The highest BCUT2D eigenvalue weighted by Gasteiger charge is 2.19. The zero-order valence-electron chi connectivity index (χ0n) is 38.8. The predicted octanol–water partition coefficient (Wildman–Crippen LogP) is 16.4. The van der Waals surface area contributed by atoms with Gasteiger partial charge in [0.25, 0.3) is 0 Å². The van der Waals surface area contributed by atoms with Gasteiger partial charge in [0.2, 0.25) is 0 Å². The molecule has 0 fully saturated rings. The van der Waals surface area contributed by atoms with E-state index in [1.807, 2.05) is 0 Å². The highest BCUT2D eigenvalue weighted by molar-refractivity contribution is 5.71. The monoisotopic (exact) mass is 817 g/mol. The molecule has 0 aromatic heterocycles. The summed E-state index contributed by atoms with van der Waals surface area (Å²) in [6.45, 7) is 6.54. The van der Waals surface area contributed by atoms with Gasteiger partial charge < -0.3 is 14.2 Å². The van der Waals surface area contributed by atoms with Crippen LogP contribution in [0.15, 0.2) is 24.3 Å². The van der Waals surface area contributed by atoms with E-state index in [1.165, 1.54) is 141 Å². The lowest BCUT2D eigenvalue weighted by molar-refractivity contribution is -0.167. The maximum absolute atomic E-state index is 12.7. The summed E-state index contributed by atoms with van der Waals surface area (Å²) < 4.78 is 16.7. The minimum absolute atomic E-state index is 0.0730. The Morgan fingerprint density at radius 3 is 1.02 bits per heavy atom. The molecular weight excluding hydrogens is 721 g/mol. The summed E-state index contributed by atoms with van der Waals surface area (Å²) in [6, 6.07) is 0. The van der Waals surface area contributed by atoms with Gasteiger partial charge in [-0.2, -0.15) is 0 Å². The fourth-order valence-electron chi connectivity index (χ4n) is 7.36. The van der Waals surface area contributed by atoms with Gasteiger partial charge in [-0.3, -0.25) is 14.4 Å². The van der Waals surface area contributed by atoms with Crippen LogP contribution in [0, 0.1) is 0 Å². The Hall–Kier alpha value is -2.11. The van der Waals surface area contributed by atoms with Gasteiger partial charge in [-0.05, 0) is 44.9 Å². The quantitative estimate of drug-likeness (QED) is 0.0263. The molecule has 340 valence electrons. The van der Waals surface area contributed by atoms with Crippen molar-refractivity contribution in [3.05, 3.63) is 24.3 Å². The van der Waals surface area contributed by atoms with Crippen molar-refractivity contribution in [2.75, 3.05) is 13.2 Å². The summed E-state index contributed by atoms with van der Waals surface area (Å²) in [6.07, 6.45) is 53.3. The number of unbranched alkanes of at least 4 members (excludes halogenated alkanes) is 31. The van der Waals surface area contributed by atoms with Crippen molar-refractivity contribution in [1.29, 1.82) is 0 Å². The number of hydrogen-bond acceptors (Lipinski definition) is 6. The van der Waals surface area contributed by atoms with E-state index >= 15 is 0 Å². The van der Waals surface area contributed by atoms with Gasteiger partial charge in [0, 0.05) is 19.3 Å². The van der Waals surface area contributed by atoms with Gasteiger partial charge >= 0.3 is 17.9 Å². The molecule has 0 amide bonds. The van der Waals surface area contributed by atoms with Crippen LogP contribution >= 0.6 is 0 Å². The van der Waals surface area contributed by atoms with Crippen molar-refractivity contribution < 1.29 is 28.6 Å². The standard InChI is InChI=1S/C52H96O6/c1-4-7-10-13-16-18-20-22-23-24-25-26-27-28-30-31-33-36-39-42-45-51(54)57-48-49(47-56-50(53)44-41-38-35-15-12-9-6-3)58-52(55)46-43-40-37-34-32-29-21-19-17-14-11-8-5-2/h11,14,19,21,49H,4-10,12-13,15-18,20,22-48H2,1-3H3/b14-11-,21-19-. The third-order valence-electron chi connectivity index (χ3n) is 11.2. The second-order valence-corrected chi connectivity index (χ2v) is 17.1. The van der Waals surface area contributed by atoms with Crippen LogP contribution in [0.2, 0.25) is 0 Å². The molecule has 0 spiro atoms. The van der Waals surface area contributed by atoms with Gasteiger partial charge in [0.1, 0.15) is 13.2 Å². The molecule has 58 heavy (non-hydrogen) atoms. The number of allylic oxidation sites excluding steroid dienone is 4. The van der Waals surface area contributed by atoms with E-state index in [0.717, 1.165) is 89.9 Å². The highest BCUT2D eigenvalue weighted by atomic mass is 16.6. The van der Waals surface area contributed by atoms with Crippen LogP contribution in [0.25, 0.3) is 0 Å². The van der Waals surface area contributed by atoms with Gasteiger partial charge in [-0.15, -0.1) is 0 Å². The summed E-state index contributed by atoms with van der Waals surface area (Å²) in [7, 11) is 0. The van der Waals surface area contributed by atoms with E-state index in [0.29, 0.717) is 19.3 Å². The Kier molecular flexibility index (Phi) is 45.8. The maximum Gasteiger partial charge on any atom is 0.306 e. The minimum atomic E-state index is -0.770. The molecule has 0 aliphatic carbocycles. The zero-order chi connectivity index (χ0) is 42.3. The Labute approximate surface area is 360 Å². The van der Waals surface area contributed by atoms with E-state index in [4.69, 9.17) is 14.2 Å². The SMILES string of the molecule is CCC/C=C\C/C=C\CCCCCCCC(=O)OC(COC(=O)CCCCCCCCC)COC(=O)CCCCCCCCCCCCCCCCCCCCCC. The van der Waals surface area contributed by atoms with Crippen molar-refractivity contribution >= 4 is 17.9 Å². The predicted molar refractivity (Wildman–Crippen MR) is 247 cm³/mol. The number of rotatable bonds is 46. The van der Waals surface area contributed by atoms with Crippen LogP contribution in [0.3, 0.4) is 0 Å². The smallest absolute Gasteiger partial charge is 0.306 e. The van der Waals surface area contributed by atoms with Crippen molar-refractivity contribution in [3.8, 4) is 0 Å². The Bertz CT molecular complexity index is 942. The summed E-state index contributed by atoms with van der Waals surface area (Å²) in [5.74, 6) is -0.883. The van der Waals surface area contributed by atoms with Gasteiger partial charge in [0.15, 0.2) is 6.10 Å². The molecule has 0 radical (unpaired) electrons. The molecular formula is C52H96O6. The van der Waals surface area contributed by atoms with Crippen LogP contribution in [0.1, 0.15) is 271 Å². The minimum Gasteiger partial charge on any atom is -0.462 e. The summed E-state index contributed by atoms with van der Waals surface area (Å²) in [5, 5.41) is 0. The number of ether oxygens (including phenoxy) is 3. The summed E-state index contributed by atoms with van der Waals surface area (Å²) in [5.41, 5.74) is 0. The van der Waals surface area contributed by atoms with E-state index in [9.17, 15) is 14.4 Å². The first-order chi connectivity index (χ1) is 28.5. The largest absolute Gasteiger partial charge is 0.462 e. The molecule has 0 aromatic rings. The highest BCUT2D eigenvalue weighted by Crippen LogP contribution is 2.16. The maximum atomic E-state index is 12.7. The molecule has 0 rings (SSSR count). The lowest BCUT2D eigenvalue weighted by atomic mass is 10.0. The Morgan fingerprint density at radius 2 is 0.655 bits per heavy atom. The number of carbonyl (C=O) groups is 3. The molecule has 0 N–H and O–H groups in total. The Balaban J connectivity index is 4.18. The molecule has 6 nitrogen and oxygen atoms in total. The first kappa shape index (κ1) is 55.9. The fraction of sp³-hybridized carbons (Fsp3) is 0.865. The van der Waals surface area contributed by atoms with Gasteiger partial charge in [-0.25, -0.2) is 0 Å². The molecule has 1 unspecified atom stereocenters. The second-order valence-electron chi connectivity index (χ2n) is 17.1. The van der Waals surface area contributed by atoms with Crippen molar-refractivity contribution in [1.82, 2.24) is 0 Å². The van der Waals surface area contributed by atoms with Crippen LogP contribution in [0.4, 0.5) is 0 Å². The molecule has 0 heterocycles. The van der Waals surface area contributed by atoms with Crippen molar-refractivity contribution in [3.63, 3.8) is 0 Å². The molecule has 0 saturated heterocycles. The molecule has 0 aliphatic heterocycles. The van der Waals surface area contributed by atoms with Crippen LogP contribution < -0.4 is 0 Å². The number of esters is 3. The van der Waals surface area contributed by atoms with E-state index in [-0.39, 0.29) is 31.1 Å². The summed E-state index contributed by atoms with van der Waals surface area (Å²) >= 11 is 0. The van der Waals surface area contributed by atoms with E-state index < -0.39 is 6.10 Å². The Morgan fingerprint density at radius 1 is 0.345 bits per heavy atom. The molecule has 0 saturated carbocycles. The molecule has 1 atom stereocenters. The van der Waals surface area contributed by atoms with Crippen molar-refractivity contribution in [2.24, 2.45) is 0 Å². The van der Waals surface area contributed by atoms with Gasteiger partial charge in [0.05, 0.1) is 0 Å². The fourth-order valence-corrected chi connectivity index (χ4v) is 7.36. The normalized spacial score (nSPS) is 12.1. The van der Waals surface area contributed by atoms with Crippen molar-refractivity contribution in [2.45, 2.75) is 277 Å². The lowest BCUT2D eigenvalue weighted by Gasteiger charge is -2.18. The molecule has 0 aromatic carbocycles. The number of carbonyl (C=O) groups excluding carboxylic acids is 3. The van der Waals surface area contributed by atoms with E-state index in [1.54, 1.807) is 0 Å². The lowest BCUT2D eigenvalue weighted by Crippen LogP contribution is -2.30. The average molecular weight is 817 g/mol. The third-order valence-corrected chi connectivity index (χ3v) is 11.2. The van der Waals surface area contributed by atoms with Crippen LogP contribution in [-0.4, -0.2) is 37.2 Å². The first-order valence-electron chi connectivity index (χ1n) is 25.3. The topological polar surface area (TPSA) is 78.9 Å². The third kappa shape index (κ3) is 45.0. The molecule has 0 bridgehead atoms. The first-order valence-corrected chi connectivity index (χ1v) is 25.3. The van der Waals surface area contributed by atoms with Crippen LogP contribution in [0.5, 0.6) is 0 Å². The summed E-state index contributed by atoms with van der Waals surface area (Å²) in [4.78, 5) is 37.7.